The minimum atomic E-state index is -0.0244. The number of likely N-dealkylation sites (tertiary alicyclic amines) is 1. The highest BCUT2D eigenvalue weighted by Gasteiger charge is 2.28. The van der Waals surface area contributed by atoms with Crippen LogP contribution < -0.4 is 0 Å². The third-order valence-corrected chi connectivity index (χ3v) is 3.89. The number of para-hydroxylation sites is 1. The fraction of sp³-hybridized carbons (Fsp3) is 0.412. The van der Waals surface area contributed by atoms with Crippen molar-refractivity contribution in [3.63, 3.8) is 0 Å². The number of aromatic nitrogens is 1. The number of carbonyl (C=O) groups is 1. The Bertz CT molecular complexity index is 659. The van der Waals surface area contributed by atoms with E-state index in [1.165, 1.54) is 0 Å². The highest BCUT2D eigenvalue weighted by molar-refractivity contribution is 5.95. The van der Waals surface area contributed by atoms with Crippen molar-refractivity contribution in [2.24, 2.45) is 0 Å². The van der Waals surface area contributed by atoms with Gasteiger partial charge in [-0.15, -0.1) is 0 Å². The molecule has 5 nitrogen and oxygen atoms in total. The van der Waals surface area contributed by atoms with Crippen LogP contribution in [0.25, 0.3) is 10.9 Å². The van der Waals surface area contributed by atoms with E-state index in [2.05, 4.69) is 4.98 Å². The molecule has 5 heteroatoms. The van der Waals surface area contributed by atoms with Crippen molar-refractivity contribution in [2.75, 3.05) is 33.4 Å². The fourth-order valence-corrected chi connectivity index (χ4v) is 2.69. The van der Waals surface area contributed by atoms with Gasteiger partial charge in [0.15, 0.2) is 0 Å². The van der Waals surface area contributed by atoms with E-state index in [1.807, 2.05) is 35.2 Å². The summed E-state index contributed by atoms with van der Waals surface area (Å²) in [6.07, 6.45) is 0.961. The third kappa shape index (κ3) is 3.26. The summed E-state index contributed by atoms with van der Waals surface area (Å²) >= 11 is 0. The standard InChI is InChI=1S/C17H20N2O3/c1-21-10-11-22-14-8-9-19(12-14)17(20)16-7-6-13-4-2-3-5-15(13)18-16/h2-7,14H,8-12H2,1H3. The first-order valence-corrected chi connectivity index (χ1v) is 7.53. The lowest BCUT2D eigenvalue weighted by Gasteiger charge is -2.16. The fourth-order valence-electron chi connectivity index (χ4n) is 2.69. The maximum absolute atomic E-state index is 12.5. The van der Waals surface area contributed by atoms with Crippen molar-refractivity contribution in [1.82, 2.24) is 9.88 Å². The van der Waals surface area contributed by atoms with E-state index in [0.717, 1.165) is 17.3 Å². The van der Waals surface area contributed by atoms with Gasteiger partial charge in [-0.2, -0.15) is 0 Å². The first-order valence-electron chi connectivity index (χ1n) is 7.53. The topological polar surface area (TPSA) is 51.7 Å². The molecule has 1 aromatic heterocycles. The summed E-state index contributed by atoms with van der Waals surface area (Å²) in [7, 11) is 1.65. The van der Waals surface area contributed by atoms with Crippen molar-refractivity contribution < 1.29 is 14.3 Å². The van der Waals surface area contributed by atoms with Gasteiger partial charge in [0.2, 0.25) is 0 Å². The van der Waals surface area contributed by atoms with Gasteiger partial charge in [-0.05, 0) is 18.6 Å². The number of methoxy groups -OCH3 is 1. The summed E-state index contributed by atoms with van der Waals surface area (Å²) in [4.78, 5) is 18.8. The van der Waals surface area contributed by atoms with Crippen LogP contribution in [0.4, 0.5) is 0 Å². The molecule has 22 heavy (non-hydrogen) atoms. The normalized spacial score (nSPS) is 18.0. The molecule has 2 aromatic rings. The molecule has 0 radical (unpaired) electrons. The molecule has 1 saturated heterocycles. The van der Waals surface area contributed by atoms with Crippen LogP contribution in [0.1, 0.15) is 16.9 Å². The average molecular weight is 300 g/mol. The number of rotatable bonds is 5. The summed E-state index contributed by atoms with van der Waals surface area (Å²) < 4.78 is 10.7. The number of ether oxygens (including phenoxy) is 2. The maximum Gasteiger partial charge on any atom is 0.272 e. The predicted octanol–water partition coefficient (Wildman–Crippen LogP) is 2.11. The van der Waals surface area contributed by atoms with Gasteiger partial charge >= 0.3 is 0 Å². The SMILES string of the molecule is COCCOC1CCN(C(=O)c2ccc3ccccc3n2)C1. The molecule has 0 saturated carbocycles. The molecule has 1 amide bonds. The van der Waals surface area contributed by atoms with Gasteiger partial charge in [0, 0.05) is 25.6 Å². The van der Waals surface area contributed by atoms with E-state index in [1.54, 1.807) is 13.2 Å². The summed E-state index contributed by atoms with van der Waals surface area (Å²) in [5, 5.41) is 1.04. The maximum atomic E-state index is 12.5. The zero-order valence-corrected chi connectivity index (χ0v) is 12.7. The lowest BCUT2D eigenvalue weighted by Crippen LogP contribution is -2.31. The molecule has 3 rings (SSSR count). The Hall–Kier alpha value is -1.98. The van der Waals surface area contributed by atoms with Crippen LogP contribution in [0.2, 0.25) is 0 Å². The summed E-state index contributed by atoms with van der Waals surface area (Å²) in [6, 6.07) is 11.5. The molecule has 2 heterocycles. The highest BCUT2D eigenvalue weighted by Crippen LogP contribution is 2.17. The van der Waals surface area contributed by atoms with Gasteiger partial charge in [0.25, 0.3) is 5.91 Å². The number of nitrogens with zero attached hydrogens (tertiary/aromatic N) is 2. The number of benzene rings is 1. The van der Waals surface area contributed by atoms with Crippen LogP contribution in [0, 0.1) is 0 Å². The Morgan fingerprint density at radius 2 is 2.14 bits per heavy atom. The quantitative estimate of drug-likeness (QED) is 0.794. The van der Waals surface area contributed by atoms with Crippen LogP contribution in [-0.2, 0) is 9.47 Å². The number of fused-ring (bicyclic) bond motifs is 1. The van der Waals surface area contributed by atoms with Gasteiger partial charge in [0.1, 0.15) is 5.69 Å². The monoisotopic (exact) mass is 300 g/mol. The van der Waals surface area contributed by atoms with Crippen molar-refractivity contribution in [3.05, 3.63) is 42.1 Å². The Kier molecular flexibility index (Phi) is 4.65. The molecule has 1 aromatic carbocycles. The van der Waals surface area contributed by atoms with E-state index in [9.17, 15) is 4.79 Å². The van der Waals surface area contributed by atoms with Crippen molar-refractivity contribution in [2.45, 2.75) is 12.5 Å². The molecule has 116 valence electrons. The van der Waals surface area contributed by atoms with Crippen LogP contribution in [0.3, 0.4) is 0 Å². The predicted molar refractivity (Wildman–Crippen MR) is 83.9 cm³/mol. The Labute approximate surface area is 129 Å². The second-order valence-corrected chi connectivity index (χ2v) is 5.41. The average Bonchev–Trinajstić information content (AvgIpc) is 3.03. The molecular formula is C17H20N2O3. The van der Waals surface area contributed by atoms with E-state index < -0.39 is 0 Å². The molecule has 1 unspecified atom stereocenters. The van der Waals surface area contributed by atoms with E-state index >= 15 is 0 Å². The molecule has 0 N–H and O–H groups in total. The van der Waals surface area contributed by atoms with Crippen LogP contribution in [0.5, 0.6) is 0 Å². The summed E-state index contributed by atoms with van der Waals surface area (Å²) in [5.41, 5.74) is 1.34. The smallest absolute Gasteiger partial charge is 0.272 e. The molecule has 1 fully saturated rings. The summed E-state index contributed by atoms with van der Waals surface area (Å²) in [5.74, 6) is -0.0244. The van der Waals surface area contributed by atoms with Crippen LogP contribution >= 0.6 is 0 Å². The van der Waals surface area contributed by atoms with Crippen molar-refractivity contribution in [1.29, 1.82) is 0 Å². The first-order chi connectivity index (χ1) is 10.8. The van der Waals surface area contributed by atoms with E-state index in [4.69, 9.17) is 9.47 Å². The molecule has 1 atom stereocenters. The van der Waals surface area contributed by atoms with Crippen LogP contribution in [0.15, 0.2) is 36.4 Å². The second-order valence-electron chi connectivity index (χ2n) is 5.41. The van der Waals surface area contributed by atoms with Gasteiger partial charge in [-0.1, -0.05) is 24.3 Å². The number of hydrogen-bond donors (Lipinski definition) is 0. The molecule has 0 aliphatic carbocycles. The Morgan fingerprint density at radius 3 is 3.00 bits per heavy atom. The van der Waals surface area contributed by atoms with E-state index in [-0.39, 0.29) is 12.0 Å². The largest absolute Gasteiger partial charge is 0.382 e. The minimum absolute atomic E-state index is 0.0244. The zero-order chi connectivity index (χ0) is 15.4. The third-order valence-electron chi connectivity index (χ3n) is 3.89. The van der Waals surface area contributed by atoms with Gasteiger partial charge in [-0.3, -0.25) is 4.79 Å². The molecule has 0 bridgehead atoms. The van der Waals surface area contributed by atoms with Gasteiger partial charge < -0.3 is 14.4 Å². The van der Waals surface area contributed by atoms with Gasteiger partial charge in [0.05, 0.1) is 24.8 Å². The summed E-state index contributed by atoms with van der Waals surface area (Å²) in [6.45, 7) is 2.48. The number of carbonyl (C=O) groups excluding carboxylic acids is 1. The second kappa shape index (κ2) is 6.85. The number of amides is 1. The molecular weight excluding hydrogens is 280 g/mol. The zero-order valence-electron chi connectivity index (χ0n) is 12.7. The van der Waals surface area contributed by atoms with Crippen molar-refractivity contribution in [3.8, 4) is 0 Å². The number of hydrogen-bond acceptors (Lipinski definition) is 4. The van der Waals surface area contributed by atoms with Crippen molar-refractivity contribution >= 4 is 16.8 Å². The minimum Gasteiger partial charge on any atom is -0.382 e. The Balaban J connectivity index is 1.65. The Morgan fingerprint density at radius 1 is 1.27 bits per heavy atom. The molecule has 1 aliphatic rings. The van der Waals surface area contributed by atoms with Crippen LogP contribution in [-0.4, -0.2) is 55.3 Å². The first kappa shape index (κ1) is 14.9. The lowest BCUT2D eigenvalue weighted by atomic mass is 10.2. The van der Waals surface area contributed by atoms with Gasteiger partial charge in [-0.25, -0.2) is 4.98 Å². The highest BCUT2D eigenvalue weighted by atomic mass is 16.5. The molecule has 1 aliphatic heterocycles. The van der Waals surface area contributed by atoms with E-state index in [0.29, 0.717) is 32.0 Å². The molecule has 0 spiro atoms. The lowest BCUT2D eigenvalue weighted by molar-refractivity contribution is 0.0218. The number of pyridine rings is 1.